The van der Waals surface area contributed by atoms with E-state index in [-0.39, 0.29) is 30.0 Å². The number of nitro groups is 1. The van der Waals surface area contributed by atoms with Crippen LogP contribution in [-0.2, 0) is 11.2 Å². The number of nitrogens with zero attached hydrogens (tertiary/aromatic N) is 1. The van der Waals surface area contributed by atoms with E-state index in [0.717, 1.165) is 25.7 Å². The maximum Gasteiger partial charge on any atom is 0.269 e. The minimum atomic E-state index is -0.483. The van der Waals surface area contributed by atoms with Crippen LogP contribution in [0.25, 0.3) is 0 Å². The van der Waals surface area contributed by atoms with E-state index < -0.39 is 4.92 Å². The molecular weight excluding hydrogens is 346 g/mol. The van der Waals surface area contributed by atoms with Crippen LogP contribution in [0.1, 0.15) is 41.6 Å². The number of benzene rings is 2. The zero-order valence-corrected chi connectivity index (χ0v) is 14.8. The van der Waals surface area contributed by atoms with E-state index in [2.05, 4.69) is 10.6 Å². The summed E-state index contributed by atoms with van der Waals surface area (Å²) in [5.74, 6) is -0.474. The largest absolute Gasteiger partial charge is 0.349 e. The van der Waals surface area contributed by atoms with E-state index in [9.17, 15) is 19.7 Å². The number of carbonyl (C=O) groups is 2. The molecule has 0 bridgehead atoms. The molecular formula is C20H21N3O4. The lowest BCUT2D eigenvalue weighted by Crippen LogP contribution is -2.33. The molecule has 2 aromatic rings. The number of nitro benzene ring substituents is 1. The second-order valence-corrected chi connectivity index (χ2v) is 6.65. The molecule has 27 heavy (non-hydrogen) atoms. The molecule has 0 atom stereocenters. The quantitative estimate of drug-likeness (QED) is 0.603. The van der Waals surface area contributed by atoms with Crippen LogP contribution in [0.15, 0.2) is 48.5 Å². The van der Waals surface area contributed by atoms with Gasteiger partial charge >= 0.3 is 0 Å². The van der Waals surface area contributed by atoms with Gasteiger partial charge in [-0.3, -0.25) is 19.7 Å². The molecule has 0 radical (unpaired) electrons. The molecule has 1 aliphatic rings. The summed E-state index contributed by atoms with van der Waals surface area (Å²) in [6, 6.07) is 12.9. The first-order valence-electron chi connectivity index (χ1n) is 8.96. The van der Waals surface area contributed by atoms with E-state index in [1.54, 1.807) is 36.4 Å². The van der Waals surface area contributed by atoms with E-state index in [1.165, 1.54) is 12.1 Å². The van der Waals surface area contributed by atoms with Gasteiger partial charge in [0, 0.05) is 18.2 Å². The van der Waals surface area contributed by atoms with Gasteiger partial charge in [0.2, 0.25) is 5.91 Å². The number of hydrogen-bond donors (Lipinski definition) is 2. The van der Waals surface area contributed by atoms with Gasteiger partial charge in [0.05, 0.1) is 22.6 Å². The fourth-order valence-electron chi connectivity index (χ4n) is 3.24. The van der Waals surface area contributed by atoms with E-state index in [0.29, 0.717) is 16.8 Å². The van der Waals surface area contributed by atoms with Crippen LogP contribution in [0.3, 0.4) is 0 Å². The van der Waals surface area contributed by atoms with E-state index in [4.69, 9.17) is 0 Å². The standard InChI is InChI=1S/C20H21N3O4/c24-19(13-14-9-11-16(12-10-14)23(26)27)22-18-8-4-3-7-17(18)20(25)21-15-5-1-2-6-15/h3-4,7-12,15H,1-2,5-6,13H2,(H,21,25)(H,22,24). The first-order valence-corrected chi connectivity index (χ1v) is 8.96. The van der Waals surface area contributed by atoms with Crippen LogP contribution >= 0.6 is 0 Å². The molecule has 2 aromatic carbocycles. The summed E-state index contributed by atoms with van der Waals surface area (Å²) in [4.78, 5) is 35.1. The average Bonchev–Trinajstić information content (AvgIpc) is 3.15. The number of para-hydroxylation sites is 1. The van der Waals surface area contributed by atoms with Crippen LogP contribution in [0.4, 0.5) is 11.4 Å². The molecule has 140 valence electrons. The van der Waals surface area contributed by atoms with Crippen LogP contribution in [-0.4, -0.2) is 22.8 Å². The van der Waals surface area contributed by atoms with Crippen LogP contribution in [0.2, 0.25) is 0 Å². The lowest BCUT2D eigenvalue weighted by atomic mass is 10.1. The Hall–Kier alpha value is -3.22. The molecule has 0 aliphatic heterocycles. The van der Waals surface area contributed by atoms with Gasteiger partial charge in [-0.1, -0.05) is 37.1 Å². The highest BCUT2D eigenvalue weighted by molar-refractivity contribution is 6.04. The Morgan fingerprint density at radius 3 is 2.37 bits per heavy atom. The molecule has 7 nitrogen and oxygen atoms in total. The first kappa shape index (κ1) is 18.6. The lowest BCUT2D eigenvalue weighted by molar-refractivity contribution is -0.384. The Bertz CT molecular complexity index is 843. The van der Waals surface area contributed by atoms with Gasteiger partial charge in [0.1, 0.15) is 0 Å². The third-order valence-electron chi connectivity index (χ3n) is 4.65. The number of anilines is 1. The molecule has 1 aliphatic carbocycles. The molecule has 2 N–H and O–H groups in total. The van der Waals surface area contributed by atoms with Crippen molar-refractivity contribution in [3.63, 3.8) is 0 Å². The van der Waals surface area contributed by atoms with Crippen molar-refractivity contribution in [3.05, 3.63) is 69.8 Å². The third-order valence-corrected chi connectivity index (χ3v) is 4.65. The fourth-order valence-corrected chi connectivity index (χ4v) is 3.24. The Morgan fingerprint density at radius 1 is 1.04 bits per heavy atom. The van der Waals surface area contributed by atoms with Crippen molar-refractivity contribution in [1.29, 1.82) is 0 Å². The number of rotatable bonds is 6. The lowest BCUT2D eigenvalue weighted by Gasteiger charge is -2.15. The van der Waals surface area contributed by atoms with Crippen molar-refractivity contribution < 1.29 is 14.5 Å². The summed E-state index contributed by atoms with van der Waals surface area (Å²) < 4.78 is 0. The zero-order valence-electron chi connectivity index (χ0n) is 14.8. The predicted octanol–water partition coefficient (Wildman–Crippen LogP) is 3.45. The van der Waals surface area contributed by atoms with Gasteiger partial charge in [0.25, 0.3) is 11.6 Å². The maximum atomic E-state index is 12.5. The van der Waals surface area contributed by atoms with Crippen LogP contribution < -0.4 is 10.6 Å². The van der Waals surface area contributed by atoms with Crippen molar-refractivity contribution in [2.75, 3.05) is 5.32 Å². The number of carbonyl (C=O) groups excluding carboxylic acids is 2. The summed E-state index contributed by atoms with van der Waals surface area (Å²) in [7, 11) is 0. The highest BCUT2D eigenvalue weighted by atomic mass is 16.6. The molecule has 2 amide bonds. The fraction of sp³-hybridized carbons (Fsp3) is 0.300. The maximum absolute atomic E-state index is 12.5. The van der Waals surface area contributed by atoms with Crippen LogP contribution in [0.5, 0.6) is 0 Å². The number of non-ortho nitro benzene ring substituents is 1. The Morgan fingerprint density at radius 2 is 1.70 bits per heavy atom. The molecule has 0 heterocycles. The predicted molar refractivity (Wildman–Crippen MR) is 102 cm³/mol. The molecule has 0 spiro atoms. The summed E-state index contributed by atoms with van der Waals surface area (Å²) in [5.41, 5.74) is 1.53. The summed E-state index contributed by atoms with van der Waals surface area (Å²) in [5, 5.41) is 16.5. The Labute approximate surface area is 156 Å². The van der Waals surface area contributed by atoms with Crippen molar-refractivity contribution >= 4 is 23.2 Å². The second-order valence-electron chi connectivity index (χ2n) is 6.65. The minimum absolute atomic E-state index is 0.0203. The minimum Gasteiger partial charge on any atom is -0.349 e. The molecule has 7 heteroatoms. The smallest absolute Gasteiger partial charge is 0.269 e. The molecule has 1 fully saturated rings. The van der Waals surface area contributed by atoms with Crippen molar-refractivity contribution in [2.24, 2.45) is 0 Å². The molecule has 0 aromatic heterocycles. The SMILES string of the molecule is O=C(Cc1ccc([N+](=O)[O-])cc1)Nc1ccccc1C(=O)NC1CCCC1. The number of hydrogen-bond acceptors (Lipinski definition) is 4. The Balaban J connectivity index is 1.65. The highest BCUT2D eigenvalue weighted by Gasteiger charge is 2.20. The zero-order chi connectivity index (χ0) is 19.2. The van der Waals surface area contributed by atoms with Gasteiger partial charge in [-0.15, -0.1) is 0 Å². The van der Waals surface area contributed by atoms with Gasteiger partial charge in [-0.05, 0) is 30.5 Å². The monoisotopic (exact) mass is 367 g/mol. The van der Waals surface area contributed by atoms with E-state index in [1.807, 2.05) is 0 Å². The van der Waals surface area contributed by atoms with Crippen molar-refractivity contribution in [1.82, 2.24) is 5.32 Å². The first-order chi connectivity index (χ1) is 13.0. The molecule has 1 saturated carbocycles. The van der Waals surface area contributed by atoms with Crippen LogP contribution in [0, 0.1) is 10.1 Å². The highest BCUT2D eigenvalue weighted by Crippen LogP contribution is 2.21. The number of nitrogens with one attached hydrogen (secondary N) is 2. The third kappa shape index (κ3) is 4.91. The summed E-state index contributed by atoms with van der Waals surface area (Å²) in [6.45, 7) is 0. The van der Waals surface area contributed by atoms with Gasteiger partial charge in [-0.2, -0.15) is 0 Å². The molecule has 3 rings (SSSR count). The second kappa shape index (κ2) is 8.44. The summed E-state index contributed by atoms with van der Waals surface area (Å²) >= 11 is 0. The molecule has 0 saturated heterocycles. The summed E-state index contributed by atoms with van der Waals surface area (Å²) in [6.07, 6.45) is 4.29. The topological polar surface area (TPSA) is 101 Å². The molecule has 0 unspecified atom stereocenters. The van der Waals surface area contributed by atoms with Crippen molar-refractivity contribution in [3.8, 4) is 0 Å². The van der Waals surface area contributed by atoms with Gasteiger partial charge in [0.15, 0.2) is 0 Å². The van der Waals surface area contributed by atoms with Gasteiger partial charge < -0.3 is 10.6 Å². The van der Waals surface area contributed by atoms with E-state index >= 15 is 0 Å². The number of amides is 2. The Kier molecular flexibility index (Phi) is 5.80. The average molecular weight is 367 g/mol. The van der Waals surface area contributed by atoms with Gasteiger partial charge in [-0.25, -0.2) is 0 Å². The normalized spacial score (nSPS) is 13.9. The van der Waals surface area contributed by atoms with Crippen molar-refractivity contribution in [2.45, 2.75) is 38.1 Å².